The molecule has 26 heteroatoms. The summed E-state index contributed by atoms with van der Waals surface area (Å²) in [5, 5.41) is 27.5. The van der Waals surface area contributed by atoms with Gasteiger partial charge in [-0.3, -0.25) is 14.6 Å². The number of piperazine rings is 2. The summed E-state index contributed by atoms with van der Waals surface area (Å²) in [4.78, 5) is 25.4. The number of sulfonamides is 2. The van der Waals surface area contributed by atoms with E-state index in [-0.39, 0.29) is 143 Å². The molecule has 0 spiro atoms. The van der Waals surface area contributed by atoms with Gasteiger partial charge in [0.15, 0.2) is 0 Å². The van der Waals surface area contributed by atoms with Crippen LogP contribution in [0.15, 0.2) is 53.5 Å². The second-order valence-electron chi connectivity index (χ2n) is 15.4. The molecule has 7 rings (SSSR count). The van der Waals surface area contributed by atoms with Crippen LogP contribution in [-0.2, 0) is 42.6 Å². The van der Waals surface area contributed by atoms with E-state index in [4.69, 9.17) is 44.2 Å². The molecule has 0 radical (unpaired) electrons. The van der Waals surface area contributed by atoms with Crippen LogP contribution in [0.5, 0.6) is 0 Å². The van der Waals surface area contributed by atoms with Gasteiger partial charge in [-0.1, -0.05) is 54.9 Å². The molecule has 2 aromatic carbocycles. The molecule has 0 bridgehead atoms. The summed E-state index contributed by atoms with van der Waals surface area (Å²) >= 11 is 12.0. The van der Waals surface area contributed by atoms with E-state index in [0.29, 0.717) is 55.2 Å². The summed E-state index contributed by atoms with van der Waals surface area (Å²) in [5.74, 6) is 0.970. The van der Waals surface area contributed by atoms with Crippen molar-refractivity contribution in [2.24, 2.45) is 4.99 Å². The minimum absolute atomic E-state index is 0. The maximum absolute atomic E-state index is 12.2. The van der Waals surface area contributed by atoms with Crippen LogP contribution in [0.2, 0.25) is 10.0 Å². The van der Waals surface area contributed by atoms with Crippen LogP contribution in [0.4, 0.5) is 11.9 Å². The number of nitrogens with zero attached hydrogens (tertiary/aromatic N) is 9. The number of carbonyl (C=O) groups excluding carboxylic acids is 1. The number of nitrogens with two attached hydrogens (primary N) is 1. The molecule has 2 atom stereocenters. The number of aliphatic imine (C=N–C) groups is 1. The monoisotopic (exact) mass is 1070 g/mol. The van der Waals surface area contributed by atoms with Gasteiger partial charge in [0.05, 0.1) is 12.5 Å². The second kappa shape index (κ2) is 33.3. The summed E-state index contributed by atoms with van der Waals surface area (Å²) in [7, 11) is -6.35. The van der Waals surface area contributed by atoms with E-state index in [2.05, 4.69) is 51.8 Å². The van der Waals surface area contributed by atoms with E-state index in [9.17, 15) is 16.8 Å². The van der Waals surface area contributed by atoms with Gasteiger partial charge in [0, 0.05) is 93.3 Å². The van der Waals surface area contributed by atoms with Crippen molar-refractivity contribution in [2.75, 3.05) is 88.6 Å². The van der Waals surface area contributed by atoms with Crippen LogP contribution in [-0.4, -0.2) is 166 Å². The average molecular weight is 1070 g/mol. The van der Waals surface area contributed by atoms with Crippen LogP contribution in [0, 0.1) is 11.5 Å². The van der Waals surface area contributed by atoms with Crippen LogP contribution >= 0.6 is 35.6 Å². The van der Waals surface area contributed by atoms with Gasteiger partial charge in [0.2, 0.25) is 38.1 Å². The summed E-state index contributed by atoms with van der Waals surface area (Å²) in [6, 6.07) is 17.0. The van der Waals surface area contributed by atoms with Gasteiger partial charge in [-0.25, -0.2) is 21.9 Å². The third kappa shape index (κ3) is 21.9. The fourth-order valence-corrected chi connectivity index (χ4v) is 10.3. The van der Waals surface area contributed by atoms with Gasteiger partial charge in [0.1, 0.15) is 0 Å². The maximum Gasteiger partial charge on any atom is 1.00 e. The van der Waals surface area contributed by atoms with Crippen molar-refractivity contribution in [3.05, 3.63) is 69.7 Å². The zero-order valence-electron chi connectivity index (χ0n) is 38.5. The number of carbonyl (C=O) groups is 1. The predicted octanol–water partition coefficient (Wildman–Crippen LogP) is -3.44. The second-order valence-corrected chi connectivity index (χ2v) is 20.2. The van der Waals surface area contributed by atoms with Gasteiger partial charge in [-0.2, -0.15) is 23.8 Å². The van der Waals surface area contributed by atoms with Crippen molar-refractivity contribution in [3.63, 3.8) is 0 Å². The molecule has 66 heavy (non-hydrogen) atoms. The van der Waals surface area contributed by atoms with E-state index < -0.39 is 20.0 Å². The zero-order chi connectivity index (χ0) is 45.3. The number of nitriles is 1. The Bertz CT molecular complexity index is 2120. The Morgan fingerprint density at radius 2 is 1.24 bits per heavy atom. The Balaban J connectivity index is 0. The molecule has 0 amide bonds. The number of benzene rings is 2. The Morgan fingerprint density at radius 1 is 0.848 bits per heavy atom. The molecule has 4 N–H and O–H groups in total. The van der Waals surface area contributed by atoms with Crippen molar-refractivity contribution >= 4 is 80.7 Å². The number of hydrogen-bond acceptors (Lipinski definition) is 16. The number of halogens is 3. The molecule has 4 aliphatic heterocycles. The standard InChI is InChI=1S/C19H28ClN7O2S.C17H26ClN3O2S.C2H2N2.CH2O3.CH4.ClH.2K.H/c1-30(28,29)26-10-11-27(17(13-26)12-14-2-4-15(20)5-3-14)16-6-8-25(9-7-16)19-22-18(21)23-24-19;1-24(22,23)20-10-11-21(16-6-8-19-9-7-16)17(13-20)12-14-2-4-15(18)5-3-14;1-4-2-3;2-1-4-3;;;;;/h2-5,16-17H,6-13H2,1H3,(H3,21,22,23,24);2-5,16-17,19H,6-13H2,1H3;1H2;1,3H;1H4;1H;;;/q;;;;;;2*+1;-1/p-1. The molecule has 2 unspecified atom stereocenters. The summed E-state index contributed by atoms with van der Waals surface area (Å²) in [6.45, 7) is 10.3. The quantitative estimate of drug-likeness (QED) is 0.0447. The van der Waals surface area contributed by atoms with E-state index in [1.54, 1.807) is 8.61 Å². The van der Waals surface area contributed by atoms with Gasteiger partial charge >= 0.3 is 103 Å². The van der Waals surface area contributed by atoms with E-state index in [1.807, 2.05) is 48.5 Å². The van der Waals surface area contributed by atoms with Gasteiger partial charge in [0.25, 0.3) is 6.47 Å². The van der Waals surface area contributed by atoms with E-state index >= 15 is 0 Å². The smallest absolute Gasteiger partial charge is 1.00 e. The molecule has 4 saturated heterocycles. The molecule has 1 aromatic heterocycles. The first kappa shape index (κ1) is 65.6. The minimum atomic E-state index is -3.21. The third-order valence-corrected chi connectivity index (χ3v) is 14.3. The van der Waals surface area contributed by atoms with Crippen molar-refractivity contribution in [1.82, 2.24) is 38.9 Å². The summed E-state index contributed by atoms with van der Waals surface area (Å²) in [6.07, 6.45) is 9.92. The van der Waals surface area contributed by atoms with E-state index in [1.165, 1.54) is 29.8 Å². The number of H-pyrrole nitrogens is 1. The first-order chi connectivity index (χ1) is 29.6. The summed E-state index contributed by atoms with van der Waals surface area (Å²) in [5.41, 5.74) is 8.02. The van der Waals surface area contributed by atoms with E-state index in [0.717, 1.165) is 82.8 Å². The Morgan fingerprint density at radius 3 is 1.58 bits per heavy atom. The first-order valence-corrected chi connectivity index (χ1v) is 24.6. The van der Waals surface area contributed by atoms with Crippen molar-refractivity contribution in [1.29, 1.82) is 5.26 Å². The number of aromatic nitrogens is 3. The molecule has 5 heterocycles. The Hall–Kier alpha value is -0.387. The first-order valence-electron chi connectivity index (χ1n) is 20.2. The third-order valence-electron chi connectivity index (χ3n) is 11.3. The molecule has 0 aliphatic carbocycles. The number of rotatable bonds is 10. The maximum atomic E-state index is 12.2. The topological polar surface area (TPSA) is 250 Å². The fourth-order valence-electron chi connectivity index (χ4n) is 8.34. The molecular weight excluding hydrogens is 1010 g/mol. The number of aromatic amines is 1. The number of hydrogen-bond donors (Lipinski definition) is 3. The van der Waals surface area contributed by atoms with Crippen LogP contribution in [0.25, 0.3) is 0 Å². The largest absolute Gasteiger partial charge is 1.00 e. The number of nitrogens with one attached hydrogen (secondary N) is 2. The van der Waals surface area contributed by atoms with Crippen molar-refractivity contribution in [3.8, 4) is 6.19 Å². The molecule has 3 aromatic rings. The van der Waals surface area contributed by atoms with Crippen molar-refractivity contribution < 1.29 is 136 Å². The molecule has 360 valence electrons. The van der Waals surface area contributed by atoms with Crippen LogP contribution in [0.3, 0.4) is 0 Å². The van der Waals surface area contributed by atoms with Gasteiger partial charge in [-0.05, 0) is 87.0 Å². The molecule has 19 nitrogen and oxygen atoms in total. The molecule has 4 aliphatic rings. The average Bonchev–Trinajstić information content (AvgIpc) is 3.71. The Labute approximate surface area is 493 Å². The zero-order valence-corrected chi connectivity index (χ0v) is 47.7. The number of anilines is 2. The molecule has 0 saturated carbocycles. The van der Waals surface area contributed by atoms with Crippen molar-refractivity contribution in [2.45, 2.75) is 70.1 Å². The van der Waals surface area contributed by atoms with Gasteiger partial charge in [-0.15, -0.1) is 17.5 Å². The fraction of sp³-hybridized carbons (Fsp3) is 0.575. The number of piperidine rings is 2. The minimum Gasteiger partial charge on any atom is -1.00 e. The Kier molecular flexibility index (Phi) is 33.1. The molecular formula is C40H63Cl3K2N12O7S2. The van der Waals surface area contributed by atoms with Crippen LogP contribution in [0.1, 0.15) is 45.7 Å². The normalized spacial score (nSPS) is 19.8. The predicted molar refractivity (Wildman–Crippen MR) is 253 cm³/mol. The number of nitrogen functional groups attached to an aromatic ring is 1. The van der Waals surface area contributed by atoms with Crippen LogP contribution < -0.4 is 124 Å². The SMILES string of the molecule is C.C=NC#N.CS(=O)(=O)N1CCN(C2CCN(c3n[nH]c(N)n3)CC2)C(Cc2ccc(Cl)cc2)C1.CS(=O)(=O)N1CCN(C2CCNCC2)C(Cc2ccc(Cl)cc2)C1.Cl.O=CO[O-].[H-].[K+].[K+]. The summed E-state index contributed by atoms with van der Waals surface area (Å²) < 4.78 is 51.6. The molecule has 4 fully saturated rings. The van der Waals surface area contributed by atoms with Gasteiger partial charge < -0.3 is 27.5 Å².